The zero-order chi connectivity index (χ0) is 17.9. The van der Waals surface area contributed by atoms with Gasteiger partial charge in [0.2, 0.25) is 0 Å². The van der Waals surface area contributed by atoms with E-state index in [1.54, 1.807) is 6.26 Å². The van der Waals surface area contributed by atoms with Crippen LogP contribution in [0.2, 0.25) is 0 Å². The first kappa shape index (κ1) is 16.8. The fourth-order valence-corrected chi connectivity index (χ4v) is 3.90. The summed E-state index contributed by atoms with van der Waals surface area (Å²) in [5.74, 6) is 0.755. The van der Waals surface area contributed by atoms with Crippen LogP contribution in [0.4, 0.5) is 0 Å². The number of carbonyl (C=O) groups excluding carboxylic acids is 1. The van der Waals surface area contributed by atoms with E-state index in [1.165, 1.54) is 25.7 Å². The molecule has 1 aliphatic carbocycles. The van der Waals surface area contributed by atoms with Crippen LogP contribution in [0.3, 0.4) is 0 Å². The first-order valence-electron chi connectivity index (χ1n) is 9.45. The van der Waals surface area contributed by atoms with E-state index >= 15 is 0 Å². The zero-order valence-electron chi connectivity index (χ0n) is 15.1. The summed E-state index contributed by atoms with van der Waals surface area (Å²) in [5, 5.41) is 0.897. The molecule has 2 heterocycles. The Kier molecular flexibility index (Phi) is 4.74. The fraction of sp³-hybridized carbons (Fsp3) is 0.364. The Bertz CT molecular complexity index is 894. The Labute approximate surface area is 153 Å². The van der Waals surface area contributed by atoms with Crippen LogP contribution >= 0.6 is 0 Å². The second kappa shape index (κ2) is 7.32. The van der Waals surface area contributed by atoms with Crippen molar-refractivity contribution in [3.63, 3.8) is 0 Å². The highest BCUT2D eigenvalue weighted by molar-refractivity contribution is 6.07. The minimum Gasteiger partial charge on any atom is -0.463 e. The summed E-state index contributed by atoms with van der Waals surface area (Å²) in [7, 11) is 1.94. The molecule has 1 aromatic carbocycles. The standard InChI is InChI=1S/C22H24N2O2/c1-24(16-9-4-2-3-5-10-16)22(25)18-15-20(21-13-8-14-26-21)23-19-12-7-6-11-17(18)19/h6-8,11-16H,2-5,9-10H2,1H3. The third kappa shape index (κ3) is 3.24. The zero-order valence-corrected chi connectivity index (χ0v) is 15.1. The molecule has 1 fully saturated rings. The molecular weight excluding hydrogens is 324 g/mol. The summed E-state index contributed by atoms with van der Waals surface area (Å²) in [5.41, 5.74) is 2.22. The Balaban J connectivity index is 1.75. The summed E-state index contributed by atoms with van der Waals surface area (Å²) >= 11 is 0. The molecule has 0 bridgehead atoms. The van der Waals surface area contributed by atoms with Gasteiger partial charge in [-0.05, 0) is 37.1 Å². The normalized spacial score (nSPS) is 15.7. The lowest BCUT2D eigenvalue weighted by Crippen LogP contribution is -2.36. The average Bonchev–Trinajstić information content (AvgIpc) is 3.08. The molecule has 2 aromatic heterocycles. The third-order valence-electron chi connectivity index (χ3n) is 5.41. The van der Waals surface area contributed by atoms with Crippen molar-refractivity contribution in [1.82, 2.24) is 9.88 Å². The summed E-state index contributed by atoms with van der Waals surface area (Å²) in [4.78, 5) is 20.0. The van der Waals surface area contributed by atoms with Crippen LogP contribution in [0, 0.1) is 0 Å². The van der Waals surface area contributed by atoms with Crippen LogP contribution in [-0.4, -0.2) is 28.9 Å². The molecule has 4 rings (SSSR count). The number of hydrogen-bond donors (Lipinski definition) is 0. The summed E-state index contributed by atoms with van der Waals surface area (Å²) in [6.07, 6.45) is 8.78. The highest BCUT2D eigenvalue weighted by Gasteiger charge is 2.24. The van der Waals surface area contributed by atoms with Crippen molar-refractivity contribution in [3.8, 4) is 11.5 Å². The number of para-hydroxylation sites is 1. The van der Waals surface area contributed by atoms with Crippen LogP contribution in [-0.2, 0) is 0 Å². The monoisotopic (exact) mass is 348 g/mol. The van der Waals surface area contributed by atoms with Gasteiger partial charge >= 0.3 is 0 Å². The van der Waals surface area contributed by atoms with Gasteiger partial charge in [0.1, 0.15) is 5.69 Å². The summed E-state index contributed by atoms with van der Waals surface area (Å²) in [6, 6.07) is 13.7. The highest BCUT2D eigenvalue weighted by Crippen LogP contribution is 2.28. The molecule has 0 spiro atoms. The molecule has 0 unspecified atom stereocenters. The maximum absolute atomic E-state index is 13.4. The molecule has 0 radical (unpaired) electrons. The van der Waals surface area contributed by atoms with Gasteiger partial charge in [-0.15, -0.1) is 0 Å². The maximum Gasteiger partial charge on any atom is 0.254 e. The van der Waals surface area contributed by atoms with E-state index < -0.39 is 0 Å². The number of pyridine rings is 1. The van der Waals surface area contributed by atoms with Gasteiger partial charge in [0.25, 0.3) is 5.91 Å². The van der Waals surface area contributed by atoms with Crippen LogP contribution in [0.1, 0.15) is 48.9 Å². The summed E-state index contributed by atoms with van der Waals surface area (Å²) < 4.78 is 5.51. The van der Waals surface area contributed by atoms with Gasteiger partial charge in [0, 0.05) is 18.5 Å². The second-order valence-corrected chi connectivity index (χ2v) is 7.11. The topological polar surface area (TPSA) is 46.3 Å². The minimum atomic E-state index is 0.0725. The number of amides is 1. The molecule has 0 atom stereocenters. The Morgan fingerprint density at radius 3 is 2.58 bits per heavy atom. The van der Waals surface area contributed by atoms with Gasteiger partial charge in [-0.2, -0.15) is 0 Å². The van der Waals surface area contributed by atoms with Gasteiger partial charge in [0.15, 0.2) is 5.76 Å². The number of furan rings is 1. The molecule has 1 amide bonds. The van der Waals surface area contributed by atoms with E-state index in [0.717, 1.165) is 23.7 Å². The number of benzene rings is 1. The van der Waals surface area contributed by atoms with Crippen molar-refractivity contribution in [3.05, 3.63) is 54.3 Å². The fourth-order valence-electron chi connectivity index (χ4n) is 3.90. The van der Waals surface area contributed by atoms with Crippen molar-refractivity contribution < 1.29 is 9.21 Å². The van der Waals surface area contributed by atoms with E-state index in [2.05, 4.69) is 4.98 Å². The predicted octanol–water partition coefficient (Wildman–Crippen LogP) is 5.29. The van der Waals surface area contributed by atoms with Crippen LogP contribution in [0.25, 0.3) is 22.4 Å². The number of aromatic nitrogens is 1. The molecule has 26 heavy (non-hydrogen) atoms. The maximum atomic E-state index is 13.4. The predicted molar refractivity (Wildman–Crippen MR) is 103 cm³/mol. The third-order valence-corrected chi connectivity index (χ3v) is 5.41. The molecule has 134 valence electrons. The number of hydrogen-bond acceptors (Lipinski definition) is 3. The van der Waals surface area contributed by atoms with Gasteiger partial charge in [-0.1, -0.05) is 43.9 Å². The molecule has 4 nitrogen and oxygen atoms in total. The van der Waals surface area contributed by atoms with Crippen molar-refractivity contribution in [2.24, 2.45) is 0 Å². The first-order valence-corrected chi connectivity index (χ1v) is 9.45. The summed E-state index contributed by atoms with van der Waals surface area (Å²) in [6.45, 7) is 0. The lowest BCUT2D eigenvalue weighted by atomic mass is 10.0. The SMILES string of the molecule is CN(C(=O)c1cc(-c2ccco2)nc2ccccc12)C1CCCCCC1. The largest absolute Gasteiger partial charge is 0.463 e. The molecule has 0 aliphatic heterocycles. The second-order valence-electron chi connectivity index (χ2n) is 7.11. The van der Waals surface area contributed by atoms with Crippen molar-refractivity contribution in [2.75, 3.05) is 7.05 Å². The first-order chi connectivity index (χ1) is 12.7. The number of rotatable bonds is 3. The van der Waals surface area contributed by atoms with Gasteiger partial charge in [-0.3, -0.25) is 4.79 Å². The lowest BCUT2D eigenvalue weighted by Gasteiger charge is -2.28. The van der Waals surface area contributed by atoms with Crippen molar-refractivity contribution in [2.45, 2.75) is 44.6 Å². The molecule has 1 aliphatic rings. The quantitative estimate of drug-likeness (QED) is 0.604. The van der Waals surface area contributed by atoms with E-state index in [9.17, 15) is 4.79 Å². The number of carbonyl (C=O) groups is 1. The molecule has 4 heteroatoms. The Hall–Kier alpha value is -2.62. The van der Waals surface area contributed by atoms with Crippen LogP contribution in [0.15, 0.2) is 53.1 Å². The van der Waals surface area contributed by atoms with E-state index in [0.29, 0.717) is 23.1 Å². The van der Waals surface area contributed by atoms with Gasteiger partial charge in [-0.25, -0.2) is 4.98 Å². The van der Waals surface area contributed by atoms with E-state index in [-0.39, 0.29) is 5.91 Å². The number of fused-ring (bicyclic) bond motifs is 1. The molecular formula is C22H24N2O2. The molecule has 0 N–H and O–H groups in total. The van der Waals surface area contributed by atoms with Gasteiger partial charge in [0.05, 0.1) is 17.3 Å². The molecule has 1 saturated carbocycles. The van der Waals surface area contributed by atoms with E-state index in [1.807, 2.05) is 54.4 Å². The minimum absolute atomic E-state index is 0.0725. The smallest absolute Gasteiger partial charge is 0.254 e. The molecule has 0 saturated heterocycles. The van der Waals surface area contributed by atoms with Crippen molar-refractivity contribution >= 4 is 16.8 Å². The van der Waals surface area contributed by atoms with Crippen LogP contribution < -0.4 is 0 Å². The Morgan fingerprint density at radius 2 is 1.85 bits per heavy atom. The average molecular weight is 348 g/mol. The van der Waals surface area contributed by atoms with E-state index in [4.69, 9.17) is 4.42 Å². The van der Waals surface area contributed by atoms with Crippen molar-refractivity contribution in [1.29, 1.82) is 0 Å². The Morgan fingerprint density at radius 1 is 1.08 bits per heavy atom. The van der Waals surface area contributed by atoms with Crippen LogP contribution in [0.5, 0.6) is 0 Å². The lowest BCUT2D eigenvalue weighted by molar-refractivity contribution is 0.0719. The number of nitrogens with zero attached hydrogens (tertiary/aromatic N) is 2. The molecule has 3 aromatic rings. The van der Waals surface area contributed by atoms with Gasteiger partial charge < -0.3 is 9.32 Å². The highest BCUT2D eigenvalue weighted by atomic mass is 16.3.